The van der Waals surface area contributed by atoms with E-state index in [1.54, 1.807) is 7.11 Å². The number of aromatic nitrogens is 2. The Labute approximate surface area is 118 Å². The second-order valence-corrected chi connectivity index (χ2v) is 4.52. The number of amides is 1. The van der Waals surface area contributed by atoms with E-state index in [2.05, 4.69) is 15.3 Å². The smallest absolute Gasteiger partial charge is 0.271 e. The molecule has 0 bridgehead atoms. The van der Waals surface area contributed by atoms with Gasteiger partial charge in [-0.15, -0.1) is 0 Å². The highest BCUT2D eigenvalue weighted by molar-refractivity contribution is 5.91. The monoisotopic (exact) mass is 271 g/mol. The molecule has 0 atom stereocenters. The molecule has 2 aromatic rings. The van der Waals surface area contributed by atoms with Gasteiger partial charge in [-0.1, -0.05) is 6.07 Å². The molecule has 0 spiro atoms. The highest BCUT2D eigenvalue weighted by Crippen LogP contribution is 2.22. The van der Waals surface area contributed by atoms with Gasteiger partial charge < -0.3 is 10.1 Å². The molecule has 0 saturated heterocycles. The predicted octanol–water partition coefficient (Wildman–Crippen LogP) is 2.03. The van der Waals surface area contributed by atoms with Crippen molar-refractivity contribution in [2.24, 2.45) is 0 Å². The summed E-state index contributed by atoms with van der Waals surface area (Å²) in [5.41, 5.74) is 3.49. The topological polar surface area (TPSA) is 64.1 Å². The average Bonchev–Trinajstić information content (AvgIpc) is 2.48. The van der Waals surface area contributed by atoms with E-state index in [1.807, 2.05) is 26.0 Å². The van der Waals surface area contributed by atoms with E-state index >= 15 is 0 Å². The van der Waals surface area contributed by atoms with Gasteiger partial charge in [0.05, 0.1) is 13.3 Å². The summed E-state index contributed by atoms with van der Waals surface area (Å²) in [5.74, 6) is 0.623. The van der Waals surface area contributed by atoms with Gasteiger partial charge >= 0.3 is 0 Å². The molecular formula is C15H17N3O2. The summed E-state index contributed by atoms with van der Waals surface area (Å²) in [6.45, 7) is 4.42. The van der Waals surface area contributed by atoms with Crippen LogP contribution >= 0.6 is 0 Å². The van der Waals surface area contributed by atoms with Crippen molar-refractivity contribution in [3.05, 3.63) is 53.1 Å². The van der Waals surface area contributed by atoms with Crippen molar-refractivity contribution in [3.8, 4) is 5.75 Å². The maximum absolute atomic E-state index is 11.9. The van der Waals surface area contributed by atoms with Crippen molar-refractivity contribution in [2.45, 2.75) is 20.4 Å². The summed E-state index contributed by atoms with van der Waals surface area (Å²) < 4.78 is 5.27. The van der Waals surface area contributed by atoms with Gasteiger partial charge in [-0.25, -0.2) is 4.98 Å². The number of carbonyl (C=O) groups is 1. The van der Waals surface area contributed by atoms with Gasteiger partial charge in [0.2, 0.25) is 0 Å². The van der Waals surface area contributed by atoms with Crippen molar-refractivity contribution in [1.82, 2.24) is 15.3 Å². The van der Waals surface area contributed by atoms with Gasteiger partial charge in [0, 0.05) is 18.9 Å². The summed E-state index contributed by atoms with van der Waals surface area (Å²) >= 11 is 0. The van der Waals surface area contributed by atoms with Gasteiger partial charge in [0.1, 0.15) is 11.4 Å². The second-order valence-electron chi connectivity index (χ2n) is 4.52. The van der Waals surface area contributed by atoms with Gasteiger partial charge in [-0.05, 0) is 36.6 Å². The fourth-order valence-corrected chi connectivity index (χ4v) is 1.94. The minimum atomic E-state index is -0.231. The lowest BCUT2D eigenvalue weighted by atomic mass is 10.0. The SMILES string of the molecule is COc1cc(C)c(CNC(=O)c2cnccn2)cc1C. The van der Waals surface area contributed by atoms with Crippen LogP contribution in [0, 0.1) is 13.8 Å². The molecule has 2 rings (SSSR count). The first kappa shape index (κ1) is 14.0. The quantitative estimate of drug-likeness (QED) is 0.924. The third-order valence-corrected chi connectivity index (χ3v) is 3.09. The lowest BCUT2D eigenvalue weighted by Crippen LogP contribution is -2.24. The molecule has 0 radical (unpaired) electrons. The Balaban J connectivity index is 2.08. The predicted molar refractivity (Wildman–Crippen MR) is 75.7 cm³/mol. The number of ether oxygens (including phenoxy) is 1. The molecular weight excluding hydrogens is 254 g/mol. The number of carbonyl (C=O) groups excluding carboxylic acids is 1. The number of rotatable bonds is 4. The summed E-state index contributed by atoms with van der Waals surface area (Å²) in [6, 6.07) is 3.99. The molecule has 1 amide bonds. The number of nitrogens with zero attached hydrogens (tertiary/aromatic N) is 2. The van der Waals surface area contributed by atoms with Gasteiger partial charge in [-0.2, -0.15) is 0 Å². The molecule has 0 aliphatic rings. The van der Waals surface area contributed by atoms with E-state index in [0.717, 1.165) is 22.4 Å². The highest BCUT2D eigenvalue weighted by atomic mass is 16.5. The molecule has 0 unspecified atom stereocenters. The van der Waals surface area contributed by atoms with Crippen LogP contribution in [0.15, 0.2) is 30.7 Å². The van der Waals surface area contributed by atoms with E-state index in [0.29, 0.717) is 12.2 Å². The molecule has 0 aliphatic heterocycles. The zero-order chi connectivity index (χ0) is 14.5. The molecule has 0 fully saturated rings. The maximum Gasteiger partial charge on any atom is 0.271 e. The van der Waals surface area contributed by atoms with Gasteiger partial charge in [0.15, 0.2) is 0 Å². The Kier molecular flexibility index (Phi) is 4.30. The molecule has 104 valence electrons. The third-order valence-electron chi connectivity index (χ3n) is 3.09. The molecule has 1 aromatic heterocycles. The van der Waals surface area contributed by atoms with E-state index in [4.69, 9.17) is 4.74 Å². The van der Waals surface area contributed by atoms with Crippen molar-refractivity contribution >= 4 is 5.91 Å². The van der Waals surface area contributed by atoms with Crippen LogP contribution in [-0.4, -0.2) is 23.0 Å². The Morgan fingerprint density at radius 3 is 2.70 bits per heavy atom. The zero-order valence-corrected chi connectivity index (χ0v) is 11.8. The fraction of sp³-hybridized carbons (Fsp3) is 0.267. The van der Waals surface area contributed by atoms with Crippen LogP contribution in [-0.2, 0) is 6.54 Å². The number of hydrogen-bond donors (Lipinski definition) is 1. The van der Waals surface area contributed by atoms with Crippen molar-refractivity contribution in [2.75, 3.05) is 7.11 Å². The molecule has 5 nitrogen and oxygen atoms in total. The minimum Gasteiger partial charge on any atom is -0.496 e. The Morgan fingerprint density at radius 2 is 2.05 bits per heavy atom. The van der Waals surface area contributed by atoms with Crippen LogP contribution in [0.25, 0.3) is 0 Å². The summed E-state index contributed by atoms with van der Waals surface area (Å²) in [4.78, 5) is 19.7. The van der Waals surface area contributed by atoms with Gasteiger partial charge in [0.25, 0.3) is 5.91 Å². The first-order valence-electron chi connectivity index (χ1n) is 6.30. The maximum atomic E-state index is 11.9. The molecule has 1 aromatic carbocycles. The molecule has 1 heterocycles. The highest BCUT2D eigenvalue weighted by Gasteiger charge is 2.09. The third kappa shape index (κ3) is 3.12. The molecule has 0 aliphatic carbocycles. The Bertz CT molecular complexity index is 612. The summed E-state index contributed by atoms with van der Waals surface area (Å²) in [5, 5.41) is 2.84. The van der Waals surface area contributed by atoms with Crippen molar-refractivity contribution in [3.63, 3.8) is 0 Å². The van der Waals surface area contributed by atoms with Crippen molar-refractivity contribution < 1.29 is 9.53 Å². The van der Waals surface area contributed by atoms with Crippen molar-refractivity contribution in [1.29, 1.82) is 0 Å². The first-order chi connectivity index (χ1) is 9.61. The largest absolute Gasteiger partial charge is 0.496 e. The molecule has 1 N–H and O–H groups in total. The van der Waals surface area contributed by atoms with Crippen LogP contribution < -0.4 is 10.1 Å². The number of methoxy groups -OCH3 is 1. The normalized spacial score (nSPS) is 10.2. The number of aryl methyl sites for hydroxylation is 2. The number of hydrogen-bond acceptors (Lipinski definition) is 4. The molecule has 0 saturated carbocycles. The number of benzene rings is 1. The first-order valence-corrected chi connectivity index (χ1v) is 6.30. The average molecular weight is 271 g/mol. The van der Waals surface area contributed by atoms with E-state index in [-0.39, 0.29) is 5.91 Å². The van der Waals surface area contributed by atoms with E-state index < -0.39 is 0 Å². The standard InChI is InChI=1S/C15H17N3O2/c1-10-7-14(20-3)11(2)6-12(10)8-18-15(19)13-9-16-4-5-17-13/h4-7,9H,8H2,1-3H3,(H,18,19). The van der Waals surface area contributed by atoms with Crippen LogP contribution in [0.1, 0.15) is 27.2 Å². The Morgan fingerprint density at radius 1 is 1.25 bits per heavy atom. The van der Waals surface area contributed by atoms with Gasteiger partial charge in [-0.3, -0.25) is 9.78 Å². The van der Waals surface area contributed by atoms with E-state index in [9.17, 15) is 4.79 Å². The van der Waals surface area contributed by atoms with Crippen LogP contribution in [0.3, 0.4) is 0 Å². The lowest BCUT2D eigenvalue weighted by molar-refractivity contribution is 0.0945. The summed E-state index contributed by atoms with van der Waals surface area (Å²) in [7, 11) is 1.65. The van der Waals surface area contributed by atoms with Crippen LogP contribution in [0.2, 0.25) is 0 Å². The minimum absolute atomic E-state index is 0.231. The molecule has 20 heavy (non-hydrogen) atoms. The zero-order valence-electron chi connectivity index (χ0n) is 11.8. The fourth-order valence-electron chi connectivity index (χ4n) is 1.94. The lowest BCUT2D eigenvalue weighted by Gasteiger charge is -2.12. The van der Waals surface area contributed by atoms with E-state index in [1.165, 1.54) is 18.6 Å². The van der Waals surface area contributed by atoms with Crippen LogP contribution in [0.5, 0.6) is 5.75 Å². The van der Waals surface area contributed by atoms with Crippen LogP contribution in [0.4, 0.5) is 0 Å². The summed E-state index contributed by atoms with van der Waals surface area (Å²) in [6.07, 6.45) is 4.48. The molecule has 5 heteroatoms. The number of nitrogens with one attached hydrogen (secondary N) is 1. The Hall–Kier alpha value is -2.43. The second kappa shape index (κ2) is 6.14.